The third-order valence-electron chi connectivity index (χ3n) is 14.2. The van der Waals surface area contributed by atoms with Crippen LogP contribution in [-0.2, 0) is 4.79 Å². The number of amides is 1. The van der Waals surface area contributed by atoms with Gasteiger partial charge in [0.15, 0.2) is 0 Å². The molecule has 67 heavy (non-hydrogen) atoms. The Morgan fingerprint density at radius 3 is 0.985 bits per heavy atom. The second kappa shape index (κ2) is 57.2. The highest BCUT2D eigenvalue weighted by Gasteiger charge is 2.20. The van der Waals surface area contributed by atoms with Crippen LogP contribution in [0.25, 0.3) is 0 Å². The zero-order valence-corrected chi connectivity index (χ0v) is 45.3. The number of hydrogen-bond donors (Lipinski definition) is 4. The van der Waals surface area contributed by atoms with Crippen LogP contribution in [0.15, 0.2) is 36.5 Å². The van der Waals surface area contributed by atoms with Gasteiger partial charge in [-0.3, -0.25) is 4.79 Å². The Morgan fingerprint density at radius 2 is 0.672 bits per heavy atom. The monoisotopic (exact) mass is 942 g/mol. The molecular weight excluding hydrogens is 823 g/mol. The van der Waals surface area contributed by atoms with Crippen LogP contribution in [-0.4, -0.2) is 46.1 Å². The summed E-state index contributed by atoms with van der Waals surface area (Å²) in [5.74, 6) is -0.311. The Morgan fingerprint density at radius 1 is 0.388 bits per heavy atom. The molecule has 0 aliphatic heterocycles. The molecule has 0 saturated carbocycles. The zero-order valence-electron chi connectivity index (χ0n) is 45.3. The van der Waals surface area contributed by atoms with Crippen LogP contribution in [0.2, 0.25) is 0 Å². The van der Waals surface area contributed by atoms with Crippen molar-refractivity contribution in [3.05, 3.63) is 36.5 Å². The van der Waals surface area contributed by atoms with E-state index in [0.717, 1.165) is 32.1 Å². The first-order valence-electron chi connectivity index (χ1n) is 30.3. The summed E-state index contributed by atoms with van der Waals surface area (Å²) in [4.78, 5) is 12.5. The molecule has 0 aromatic rings. The molecule has 0 saturated heterocycles. The van der Waals surface area contributed by atoms with E-state index in [1.165, 1.54) is 270 Å². The van der Waals surface area contributed by atoms with Crippen molar-refractivity contribution in [2.75, 3.05) is 6.61 Å². The third kappa shape index (κ3) is 53.8. The fourth-order valence-corrected chi connectivity index (χ4v) is 9.55. The molecule has 0 aromatic carbocycles. The maximum Gasteiger partial charge on any atom is 0.222 e. The van der Waals surface area contributed by atoms with Gasteiger partial charge < -0.3 is 20.6 Å². The van der Waals surface area contributed by atoms with Crippen LogP contribution in [0.3, 0.4) is 0 Å². The van der Waals surface area contributed by atoms with Gasteiger partial charge in [-0.05, 0) is 51.4 Å². The van der Waals surface area contributed by atoms with Gasteiger partial charge in [0.1, 0.15) is 0 Å². The largest absolute Gasteiger partial charge is 0.394 e. The molecule has 4 N–H and O–H groups in total. The first kappa shape index (κ1) is 65.6. The summed E-state index contributed by atoms with van der Waals surface area (Å²) in [6.07, 6.45) is 74.9. The average molecular weight is 943 g/mol. The summed E-state index contributed by atoms with van der Waals surface area (Å²) < 4.78 is 0. The van der Waals surface area contributed by atoms with Crippen molar-refractivity contribution in [2.45, 2.75) is 347 Å². The molecule has 0 fully saturated rings. The lowest BCUT2D eigenvalue weighted by Crippen LogP contribution is -2.45. The highest BCUT2D eigenvalue weighted by molar-refractivity contribution is 5.76. The van der Waals surface area contributed by atoms with Gasteiger partial charge in [-0.1, -0.05) is 307 Å². The minimum absolute atomic E-state index is 0.0155. The molecule has 0 heterocycles. The van der Waals surface area contributed by atoms with Gasteiger partial charge in [0.2, 0.25) is 5.91 Å². The van der Waals surface area contributed by atoms with Crippen molar-refractivity contribution < 1.29 is 20.1 Å². The molecule has 5 nitrogen and oxygen atoms in total. The normalized spacial score (nSPS) is 13.4. The summed E-state index contributed by atoms with van der Waals surface area (Å²) in [7, 11) is 0. The van der Waals surface area contributed by atoms with Crippen LogP contribution in [0.4, 0.5) is 0 Å². The number of aliphatic hydroxyl groups excluding tert-OH is 3. The van der Waals surface area contributed by atoms with E-state index in [2.05, 4.69) is 43.5 Å². The number of hydrogen-bond acceptors (Lipinski definition) is 4. The standard InChI is InChI=1S/C62H119NO4/c1-3-5-7-9-11-13-15-17-19-21-23-24-25-26-27-28-29-30-31-32-33-34-35-36-38-39-41-43-45-47-49-51-53-55-59(65)57-62(67)63-60(58-64)61(66)56-54-52-50-48-46-44-42-40-37-22-20-18-16-14-12-10-8-6-4-2/h25-26,28-29,54,56,59-61,64-66H,3-24,27,30-53,55,57-58H2,1-2H3,(H,63,67)/b26-25-,29-28-,56-54+. The predicted octanol–water partition coefficient (Wildman–Crippen LogP) is 19.0. The third-order valence-corrected chi connectivity index (χ3v) is 14.2. The average Bonchev–Trinajstić information content (AvgIpc) is 3.32. The van der Waals surface area contributed by atoms with Crippen molar-refractivity contribution in [2.24, 2.45) is 0 Å². The molecule has 0 radical (unpaired) electrons. The minimum Gasteiger partial charge on any atom is -0.394 e. The van der Waals surface area contributed by atoms with Crippen LogP contribution in [0.1, 0.15) is 328 Å². The second-order valence-corrected chi connectivity index (χ2v) is 21.0. The maximum atomic E-state index is 12.5. The van der Waals surface area contributed by atoms with E-state index >= 15 is 0 Å². The molecule has 3 unspecified atom stereocenters. The fourth-order valence-electron chi connectivity index (χ4n) is 9.55. The maximum absolute atomic E-state index is 12.5. The SMILES string of the molecule is CCCCCCCCCCCCC/C=C\C/C=C\CCCCCCCCCCCCCCCCCC(O)CC(=O)NC(CO)C(O)/C=C/CCCCCCCCCCCCCCCCCCC. The Labute approximate surface area is 419 Å². The van der Waals surface area contributed by atoms with Crippen molar-refractivity contribution in [1.82, 2.24) is 5.32 Å². The quantitative estimate of drug-likeness (QED) is 0.0361. The van der Waals surface area contributed by atoms with Crippen molar-refractivity contribution in [3.8, 4) is 0 Å². The van der Waals surface area contributed by atoms with E-state index < -0.39 is 18.2 Å². The van der Waals surface area contributed by atoms with Crippen LogP contribution in [0, 0.1) is 0 Å². The molecule has 0 bridgehead atoms. The van der Waals surface area contributed by atoms with E-state index in [1.807, 2.05) is 6.08 Å². The van der Waals surface area contributed by atoms with Gasteiger partial charge in [-0.15, -0.1) is 0 Å². The number of allylic oxidation sites excluding steroid dienone is 5. The number of aliphatic hydroxyl groups is 3. The lowest BCUT2D eigenvalue weighted by atomic mass is 10.0. The molecule has 1 amide bonds. The number of nitrogens with one attached hydrogen (secondary N) is 1. The molecule has 5 heteroatoms. The van der Waals surface area contributed by atoms with Gasteiger partial charge in [-0.2, -0.15) is 0 Å². The summed E-state index contributed by atoms with van der Waals surface area (Å²) in [5.41, 5.74) is 0. The lowest BCUT2D eigenvalue weighted by Gasteiger charge is -2.21. The molecule has 396 valence electrons. The Balaban J connectivity index is 3.52. The van der Waals surface area contributed by atoms with E-state index in [4.69, 9.17) is 0 Å². The number of unbranched alkanes of at least 4 members (excludes halogenated alkanes) is 43. The van der Waals surface area contributed by atoms with Crippen LogP contribution >= 0.6 is 0 Å². The minimum atomic E-state index is -0.929. The van der Waals surface area contributed by atoms with E-state index in [1.54, 1.807) is 6.08 Å². The number of rotatable bonds is 56. The van der Waals surface area contributed by atoms with Crippen LogP contribution in [0.5, 0.6) is 0 Å². The zero-order chi connectivity index (χ0) is 48.6. The molecule has 0 aromatic heterocycles. The van der Waals surface area contributed by atoms with E-state index in [-0.39, 0.29) is 18.9 Å². The number of carbonyl (C=O) groups is 1. The molecule has 0 spiro atoms. The van der Waals surface area contributed by atoms with Gasteiger partial charge in [-0.25, -0.2) is 0 Å². The second-order valence-electron chi connectivity index (χ2n) is 21.0. The smallest absolute Gasteiger partial charge is 0.222 e. The lowest BCUT2D eigenvalue weighted by molar-refractivity contribution is -0.124. The highest BCUT2D eigenvalue weighted by Crippen LogP contribution is 2.18. The van der Waals surface area contributed by atoms with Crippen molar-refractivity contribution >= 4 is 5.91 Å². The summed E-state index contributed by atoms with van der Waals surface area (Å²) >= 11 is 0. The van der Waals surface area contributed by atoms with Crippen molar-refractivity contribution in [1.29, 1.82) is 0 Å². The predicted molar refractivity (Wildman–Crippen MR) is 296 cm³/mol. The first-order valence-corrected chi connectivity index (χ1v) is 30.3. The number of carbonyl (C=O) groups excluding carboxylic acids is 1. The van der Waals surface area contributed by atoms with Gasteiger partial charge in [0.25, 0.3) is 0 Å². The fraction of sp³-hybridized carbons (Fsp3) is 0.887. The first-order chi connectivity index (χ1) is 33.0. The molecule has 3 atom stereocenters. The molecule has 0 aliphatic rings. The topological polar surface area (TPSA) is 89.8 Å². The highest BCUT2D eigenvalue weighted by atomic mass is 16.3. The summed E-state index contributed by atoms with van der Waals surface area (Å²) in [6.45, 7) is 4.25. The van der Waals surface area contributed by atoms with E-state index in [0.29, 0.717) is 6.42 Å². The Kier molecular flexibility index (Phi) is 55.9. The van der Waals surface area contributed by atoms with E-state index in [9.17, 15) is 20.1 Å². The van der Waals surface area contributed by atoms with Crippen molar-refractivity contribution in [3.63, 3.8) is 0 Å². The summed E-state index contributed by atoms with van der Waals surface area (Å²) in [6, 6.07) is -0.744. The van der Waals surface area contributed by atoms with Crippen LogP contribution < -0.4 is 5.32 Å². The Hall–Kier alpha value is -1.43. The molecule has 0 rings (SSSR count). The summed E-state index contributed by atoms with van der Waals surface area (Å²) in [5, 5.41) is 33.5. The molecule has 0 aliphatic carbocycles. The van der Waals surface area contributed by atoms with Gasteiger partial charge in [0.05, 0.1) is 31.3 Å². The molecular formula is C62H119NO4. The van der Waals surface area contributed by atoms with Gasteiger partial charge >= 0.3 is 0 Å². The Bertz CT molecular complexity index is 1040. The van der Waals surface area contributed by atoms with Gasteiger partial charge in [0, 0.05) is 0 Å².